The van der Waals surface area contributed by atoms with Crippen molar-refractivity contribution in [3.05, 3.63) is 53.1 Å². The first kappa shape index (κ1) is 17.5. The molecule has 0 atom stereocenters. The Morgan fingerprint density at radius 3 is 2.74 bits per heavy atom. The third-order valence-electron chi connectivity index (χ3n) is 4.69. The van der Waals surface area contributed by atoms with E-state index in [2.05, 4.69) is 15.2 Å². The van der Waals surface area contributed by atoms with Crippen molar-refractivity contribution in [3.8, 4) is 11.5 Å². The van der Waals surface area contributed by atoms with Crippen LogP contribution in [0.5, 0.6) is 0 Å². The third kappa shape index (κ3) is 3.40. The van der Waals surface area contributed by atoms with Gasteiger partial charge in [-0.1, -0.05) is 0 Å². The van der Waals surface area contributed by atoms with Crippen LogP contribution < -0.4 is 5.32 Å². The van der Waals surface area contributed by atoms with Gasteiger partial charge in [-0.25, -0.2) is 13.8 Å². The Bertz CT molecular complexity index is 946. The van der Waals surface area contributed by atoms with E-state index in [1.807, 2.05) is 0 Å². The number of benzene rings is 1. The Balaban J connectivity index is 1.54. The molecule has 1 fully saturated rings. The maximum atomic E-state index is 13.9. The summed E-state index contributed by atoms with van der Waals surface area (Å²) in [7, 11) is 0. The Labute approximate surface area is 153 Å². The van der Waals surface area contributed by atoms with Crippen molar-refractivity contribution in [2.45, 2.75) is 12.8 Å². The Morgan fingerprint density at radius 1 is 1.19 bits per heavy atom. The van der Waals surface area contributed by atoms with Crippen LogP contribution in [0.2, 0.25) is 0 Å². The van der Waals surface area contributed by atoms with E-state index in [4.69, 9.17) is 4.42 Å². The van der Waals surface area contributed by atoms with Crippen LogP contribution in [-0.4, -0.2) is 47.6 Å². The van der Waals surface area contributed by atoms with Crippen LogP contribution in [-0.2, 0) is 0 Å². The summed E-state index contributed by atoms with van der Waals surface area (Å²) >= 11 is 0. The summed E-state index contributed by atoms with van der Waals surface area (Å²) in [6, 6.07) is 2.80. The summed E-state index contributed by atoms with van der Waals surface area (Å²) in [5.41, 5.74) is -0.314. The van der Waals surface area contributed by atoms with Crippen LogP contribution in [0.1, 0.15) is 33.9 Å². The maximum absolute atomic E-state index is 13.9. The molecule has 2 heterocycles. The number of fused-ring (bicyclic) bond motifs is 1. The number of aromatic nitrogens is 1. The molecule has 0 bridgehead atoms. The van der Waals surface area contributed by atoms with Gasteiger partial charge >= 0.3 is 0 Å². The van der Waals surface area contributed by atoms with Crippen LogP contribution in [0, 0.1) is 11.6 Å². The number of rotatable bonds is 5. The van der Waals surface area contributed by atoms with E-state index in [1.54, 1.807) is 0 Å². The minimum Gasteiger partial charge on any atom is -0.432 e. The van der Waals surface area contributed by atoms with E-state index < -0.39 is 23.2 Å². The van der Waals surface area contributed by atoms with Crippen LogP contribution in [0.15, 0.2) is 34.4 Å². The highest BCUT2D eigenvalue weighted by Gasteiger charge is 2.32. The number of carbonyl (C=O) groups excluding carboxylic acids is 2. The van der Waals surface area contributed by atoms with Gasteiger partial charge in [0.1, 0.15) is 11.6 Å². The lowest BCUT2D eigenvalue weighted by Crippen LogP contribution is -2.33. The first-order valence-electron chi connectivity index (χ1n) is 8.76. The molecule has 2 aliphatic rings. The van der Waals surface area contributed by atoms with E-state index in [0.29, 0.717) is 6.54 Å². The fraction of sp³-hybridized carbons (Fsp3) is 0.316. The predicted molar refractivity (Wildman–Crippen MR) is 92.3 cm³/mol. The van der Waals surface area contributed by atoms with Crippen molar-refractivity contribution >= 4 is 11.6 Å². The maximum Gasteiger partial charge on any atom is 0.246 e. The summed E-state index contributed by atoms with van der Waals surface area (Å²) in [5.74, 6) is -3.04. The van der Waals surface area contributed by atoms with Gasteiger partial charge in [0, 0.05) is 19.2 Å². The molecule has 1 N–H and O–H groups in total. The Morgan fingerprint density at radius 2 is 1.96 bits per heavy atom. The number of hydrogen-bond donors (Lipinski definition) is 1. The number of halogens is 2. The molecule has 6 nitrogen and oxygen atoms in total. The van der Waals surface area contributed by atoms with Gasteiger partial charge in [0.25, 0.3) is 0 Å². The fourth-order valence-electron chi connectivity index (χ4n) is 3.29. The molecule has 1 saturated heterocycles. The molecule has 0 radical (unpaired) electrons. The first-order valence-corrected chi connectivity index (χ1v) is 8.76. The highest BCUT2D eigenvalue weighted by atomic mass is 19.1. The van der Waals surface area contributed by atoms with Gasteiger partial charge < -0.3 is 14.6 Å². The lowest BCUT2D eigenvalue weighted by Gasteiger charge is -2.17. The number of nitrogens with one attached hydrogen (secondary N) is 1. The van der Waals surface area contributed by atoms with Gasteiger partial charge in [-0.05, 0) is 44.1 Å². The number of hydrogen-bond acceptors (Lipinski definition) is 6. The number of Topliss-reactive ketones (excluding diaryl/α,β-unsaturated/α-hetero) is 1. The molecule has 0 unspecified atom stereocenters. The van der Waals surface area contributed by atoms with E-state index in [1.165, 1.54) is 18.9 Å². The van der Waals surface area contributed by atoms with Crippen molar-refractivity contribution in [1.29, 1.82) is 0 Å². The zero-order chi connectivity index (χ0) is 19.0. The van der Waals surface area contributed by atoms with Crippen LogP contribution >= 0.6 is 0 Å². The topological polar surface area (TPSA) is 75.4 Å². The average Bonchev–Trinajstić information content (AvgIpc) is 3.31. The zero-order valence-electron chi connectivity index (χ0n) is 14.4. The first-order chi connectivity index (χ1) is 13.0. The minimum atomic E-state index is -0.758. The van der Waals surface area contributed by atoms with Crippen molar-refractivity contribution in [2.75, 3.05) is 26.2 Å². The van der Waals surface area contributed by atoms with Gasteiger partial charge in [0.05, 0.1) is 11.3 Å². The molecule has 4 rings (SSSR count). The number of likely N-dealkylation sites (tertiary alicyclic amines) is 1. The highest BCUT2D eigenvalue weighted by Crippen LogP contribution is 2.29. The molecule has 1 aliphatic carbocycles. The second-order valence-electron chi connectivity index (χ2n) is 6.55. The summed E-state index contributed by atoms with van der Waals surface area (Å²) in [6.45, 7) is 3.34. The van der Waals surface area contributed by atoms with Crippen LogP contribution in [0.3, 0.4) is 0 Å². The van der Waals surface area contributed by atoms with Crippen LogP contribution in [0.4, 0.5) is 8.78 Å². The second-order valence-corrected chi connectivity index (χ2v) is 6.55. The van der Waals surface area contributed by atoms with Gasteiger partial charge in [-0.15, -0.1) is 0 Å². The van der Waals surface area contributed by atoms with E-state index in [0.717, 1.165) is 37.8 Å². The number of ketones is 2. The number of allylic oxidation sites excluding steroid dienone is 2. The van der Waals surface area contributed by atoms with Crippen molar-refractivity contribution in [2.24, 2.45) is 0 Å². The number of carbonyl (C=O) groups is 2. The molecule has 140 valence electrons. The molecule has 2 aromatic rings. The number of nitrogens with zero attached hydrogens (tertiary/aromatic N) is 2. The van der Waals surface area contributed by atoms with E-state index in [9.17, 15) is 18.4 Å². The summed E-state index contributed by atoms with van der Waals surface area (Å²) in [6.07, 6.45) is 3.50. The predicted octanol–water partition coefficient (Wildman–Crippen LogP) is 2.57. The SMILES string of the molecule is O=C1C=C(NCCN2CCCC2)C(=O)c2oc(-c3cc(F)ccc3F)nc21. The molecular weight excluding hydrogens is 356 g/mol. The quantitative estimate of drug-likeness (QED) is 0.868. The van der Waals surface area contributed by atoms with Gasteiger partial charge in [-0.2, -0.15) is 0 Å². The van der Waals surface area contributed by atoms with Gasteiger partial charge in [-0.3, -0.25) is 9.59 Å². The Hall–Kier alpha value is -2.87. The molecular formula is C19H17F2N3O3. The molecule has 1 aliphatic heterocycles. The molecule has 0 spiro atoms. The normalized spacial score (nSPS) is 17.2. The zero-order valence-corrected chi connectivity index (χ0v) is 14.4. The molecule has 27 heavy (non-hydrogen) atoms. The summed E-state index contributed by atoms with van der Waals surface area (Å²) < 4.78 is 32.7. The van der Waals surface area contributed by atoms with E-state index in [-0.39, 0.29) is 28.6 Å². The van der Waals surface area contributed by atoms with Gasteiger partial charge in [0.15, 0.2) is 5.69 Å². The van der Waals surface area contributed by atoms with Crippen molar-refractivity contribution in [1.82, 2.24) is 15.2 Å². The van der Waals surface area contributed by atoms with E-state index >= 15 is 0 Å². The second kappa shape index (κ2) is 7.03. The summed E-state index contributed by atoms with van der Waals surface area (Å²) in [5, 5.41) is 2.97. The molecule has 1 aromatic carbocycles. The van der Waals surface area contributed by atoms with Crippen molar-refractivity contribution < 1.29 is 22.8 Å². The number of oxazole rings is 1. The lowest BCUT2D eigenvalue weighted by molar-refractivity contribution is 0.0956. The Kier molecular flexibility index (Phi) is 4.57. The third-order valence-corrected chi connectivity index (χ3v) is 4.69. The average molecular weight is 373 g/mol. The largest absolute Gasteiger partial charge is 0.432 e. The van der Waals surface area contributed by atoms with Crippen LogP contribution in [0.25, 0.3) is 11.5 Å². The smallest absolute Gasteiger partial charge is 0.246 e. The molecule has 0 amide bonds. The highest BCUT2D eigenvalue weighted by molar-refractivity contribution is 6.22. The summed E-state index contributed by atoms with van der Waals surface area (Å²) in [4.78, 5) is 31.1. The molecule has 8 heteroatoms. The standard InChI is InChI=1S/C19H17F2N3O3/c20-11-3-4-13(21)12(9-11)19-23-16-15(25)10-14(17(26)18(16)27-19)22-5-8-24-6-1-2-7-24/h3-4,9-10,22H,1-2,5-8H2. The minimum absolute atomic E-state index is 0.120. The monoisotopic (exact) mass is 373 g/mol. The fourth-order valence-corrected chi connectivity index (χ4v) is 3.29. The molecule has 0 saturated carbocycles. The van der Waals surface area contributed by atoms with Gasteiger partial charge in [0.2, 0.25) is 23.2 Å². The molecule has 1 aromatic heterocycles. The lowest BCUT2D eigenvalue weighted by atomic mass is 10.0. The van der Waals surface area contributed by atoms with Crippen molar-refractivity contribution in [3.63, 3.8) is 0 Å².